The van der Waals surface area contributed by atoms with Gasteiger partial charge in [-0.3, -0.25) is 0 Å². The summed E-state index contributed by atoms with van der Waals surface area (Å²) in [5, 5.41) is 0. The van der Waals surface area contributed by atoms with Crippen molar-refractivity contribution >= 4 is 12.1 Å². The van der Waals surface area contributed by atoms with Crippen LogP contribution < -0.4 is 11.5 Å². The molecule has 262 valence electrons. The molecule has 4 N–H and O–H groups in total. The monoisotopic (exact) mass is 623 g/mol. The summed E-state index contributed by atoms with van der Waals surface area (Å²) in [4.78, 5) is 27.4. The lowest BCUT2D eigenvalue weighted by Gasteiger charge is -2.20. The lowest BCUT2D eigenvalue weighted by atomic mass is 10.1. The predicted molar refractivity (Wildman–Crippen MR) is 192 cm³/mol. The summed E-state index contributed by atoms with van der Waals surface area (Å²) in [6.45, 7) is 7.81. The van der Waals surface area contributed by atoms with E-state index in [9.17, 15) is 9.59 Å². The summed E-state index contributed by atoms with van der Waals surface area (Å²) < 4.78 is 0. The maximum absolute atomic E-state index is 11.8. The fourth-order valence-electron chi connectivity index (χ4n) is 6.26. The second kappa shape index (κ2) is 34.4. The Labute approximate surface area is 275 Å². The van der Waals surface area contributed by atoms with Crippen molar-refractivity contribution in [2.24, 2.45) is 11.5 Å². The highest BCUT2D eigenvalue weighted by Gasteiger charge is 2.09. The molecule has 0 heterocycles. The van der Waals surface area contributed by atoms with E-state index in [4.69, 9.17) is 11.5 Å². The SMILES string of the molecule is CCCCCCCCCCCCN(CCCCCCCCCCCCN(CCCCCCCCCCCC)C(N)=O)C(N)=O. The van der Waals surface area contributed by atoms with Crippen LogP contribution in [0.2, 0.25) is 0 Å². The smallest absolute Gasteiger partial charge is 0.314 e. The number of rotatable bonds is 35. The van der Waals surface area contributed by atoms with E-state index in [2.05, 4.69) is 13.8 Å². The van der Waals surface area contributed by atoms with E-state index in [1.807, 2.05) is 9.80 Å². The van der Waals surface area contributed by atoms with Crippen molar-refractivity contribution in [1.29, 1.82) is 0 Å². The Morgan fingerprint density at radius 2 is 0.477 bits per heavy atom. The van der Waals surface area contributed by atoms with Crippen LogP contribution in [0.15, 0.2) is 0 Å². The zero-order valence-electron chi connectivity index (χ0n) is 29.9. The number of primary amides is 2. The molecule has 0 aromatic heterocycles. The Balaban J connectivity index is 3.58. The molecule has 6 heteroatoms. The average molecular weight is 623 g/mol. The van der Waals surface area contributed by atoms with Gasteiger partial charge < -0.3 is 21.3 Å². The molecule has 0 aliphatic rings. The summed E-state index contributed by atoms with van der Waals surface area (Å²) in [5.74, 6) is 0. The van der Waals surface area contributed by atoms with Crippen molar-refractivity contribution in [3.63, 3.8) is 0 Å². The minimum atomic E-state index is -0.251. The van der Waals surface area contributed by atoms with Gasteiger partial charge in [0.05, 0.1) is 0 Å². The van der Waals surface area contributed by atoms with Crippen LogP contribution in [0.1, 0.15) is 206 Å². The van der Waals surface area contributed by atoms with Crippen molar-refractivity contribution in [3.05, 3.63) is 0 Å². The first kappa shape index (κ1) is 42.5. The summed E-state index contributed by atoms with van der Waals surface area (Å²) in [5.41, 5.74) is 11.3. The molecule has 44 heavy (non-hydrogen) atoms. The molecule has 0 aromatic carbocycles. The van der Waals surface area contributed by atoms with Crippen molar-refractivity contribution in [2.75, 3.05) is 26.2 Å². The van der Waals surface area contributed by atoms with Crippen LogP contribution in [0, 0.1) is 0 Å². The first-order valence-corrected chi connectivity index (χ1v) is 19.6. The Hall–Kier alpha value is -1.46. The molecular weight excluding hydrogens is 544 g/mol. The maximum atomic E-state index is 11.8. The molecule has 0 aliphatic heterocycles. The molecule has 4 amide bonds. The van der Waals surface area contributed by atoms with Crippen LogP contribution in [-0.4, -0.2) is 48.0 Å². The van der Waals surface area contributed by atoms with Crippen molar-refractivity contribution in [3.8, 4) is 0 Å². The molecule has 0 fully saturated rings. The fourth-order valence-corrected chi connectivity index (χ4v) is 6.26. The molecule has 0 radical (unpaired) electrons. The zero-order valence-corrected chi connectivity index (χ0v) is 29.9. The van der Waals surface area contributed by atoms with Crippen LogP contribution in [0.4, 0.5) is 9.59 Å². The number of carbonyl (C=O) groups is 2. The normalized spacial score (nSPS) is 11.2. The molecular formula is C38H78N4O2. The Morgan fingerprint density at radius 1 is 0.318 bits per heavy atom. The lowest BCUT2D eigenvalue weighted by molar-refractivity contribution is 0.204. The van der Waals surface area contributed by atoms with E-state index in [-0.39, 0.29) is 12.1 Å². The second-order valence-electron chi connectivity index (χ2n) is 13.6. The Morgan fingerprint density at radius 3 is 0.636 bits per heavy atom. The van der Waals surface area contributed by atoms with Crippen molar-refractivity contribution in [1.82, 2.24) is 9.80 Å². The zero-order chi connectivity index (χ0) is 32.4. The van der Waals surface area contributed by atoms with E-state index in [1.54, 1.807) is 0 Å². The van der Waals surface area contributed by atoms with Gasteiger partial charge >= 0.3 is 12.1 Å². The third-order valence-electron chi connectivity index (χ3n) is 9.29. The molecule has 0 atom stereocenters. The predicted octanol–water partition coefficient (Wildman–Crippen LogP) is 11.5. The molecule has 0 aromatic rings. The third-order valence-corrected chi connectivity index (χ3v) is 9.29. The molecule has 0 aliphatic carbocycles. The van der Waals surface area contributed by atoms with Gasteiger partial charge in [-0.1, -0.05) is 181 Å². The number of nitrogens with zero attached hydrogens (tertiary/aromatic N) is 2. The minimum absolute atomic E-state index is 0.251. The van der Waals surface area contributed by atoms with E-state index < -0.39 is 0 Å². The van der Waals surface area contributed by atoms with E-state index in [1.165, 1.54) is 167 Å². The van der Waals surface area contributed by atoms with Crippen LogP contribution >= 0.6 is 0 Å². The van der Waals surface area contributed by atoms with Crippen molar-refractivity contribution < 1.29 is 9.59 Å². The highest BCUT2D eigenvalue weighted by Crippen LogP contribution is 2.14. The highest BCUT2D eigenvalue weighted by atomic mass is 16.2. The van der Waals surface area contributed by atoms with E-state index in [0.29, 0.717) is 0 Å². The third kappa shape index (κ3) is 30.6. The molecule has 0 spiro atoms. The Kier molecular flexibility index (Phi) is 33.3. The summed E-state index contributed by atoms with van der Waals surface area (Å²) in [6.07, 6.45) is 38.4. The van der Waals surface area contributed by atoms with Gasteiger partial charge in [0.1, 0.15) is 0 Å². The van der Waals surface area contributed by atoms with Gasteiger partial charge in [-0.05, 0) is 25.7 Å². The maximum Gasteiger partial charge on any atom is 0.314 e. The number of nitrogens with two attached hydrogens (primary N) is 2. The topological polar surface area (TPSA) is 92.7 Å². The molecule has 6 nitrogen and oxygen atoms in total. The van der Waals surface area contributed by atoms with Gasteiger partial charge in [0.15, 0.2) is 0 Å². The molecule has 0 saturated heterocycles. The number of amides is 4. The highest BCUT2D eigenvalue weighted by molar-refractivity contribution is 5.72. The van der Waals surface area contributed by atoms with Crippen LogP contribution in [-0.2, 0) is 0 Å². The molecule has 0 unspecified atom stereocenters. The van der Waals surface area contributed by atoms with Crippen LogP contribution in [0.5, 0.6) is 0 Å². The van der Waals surface area contributed by atoms with Gasteiger partial charge in [0.25, 0.3) is 0 Å². The Bertz CT molecular complexity index is 564. The first-order chi connectivity index (χ1) is 21.5. The molecule has 0 bridgehead atoms. The largest absolute Gasteiger partial charge is 0.351 e. The summed E-state index contributed by atoms with van der Waals surface area (Å²) >= 11 is 0. The molecule has 0 rings (SSSR count). The first-order valence-electron chi connectivity index (χ1n) is 19.6. The number of unbranched alkanes of at least 4 members (excludes halogenated alkanes) is 27. The molecule has 0 saturated carbocycles. The van der Waals surface area contributed by atoms with Gasteiger partial charge in [-0.2, -0.15) is 0 Å². The number of carbonyl (C=O) groups excluding carboxylic acids is 2. The average Bonchev–Trinajstić information content (AvgIpc) is 3.00. The quantitative estimate of drug-likeness (QED) is 0.0688. The second-order valence-corrected chi connectivity index (χ2v) is 13.6. The van der Waals surface area contributed by atoms with E-state index in [0.717, 1.165) is 51.9 Å². The van der Waals surface area contributed by atoms with E-state index >= 15 is 0 Å². The van der Waals surface area contributed by atoms with Crippen LogP contribution in [0.3, 0.4) is 0 Å². The number of urea groups is 2. The van der Waals surface area contributed by atoms with Crippen LogP contribution in [0.25, 0.3) is 0 Å². The summed E-state index contributed by atoms with van der Waals surface area (Å²) in [7, 11) is 0. The standard InChI is InChI=1S/C38H78N4O2/c1-3-5-7-9-11-13-17-21-25-29-33-41(37(39)43)35-31-27-23-19-15-16-20-24-28-32-36-42(38(40)44)34-30-26-22-18-14-12-10-8-6-4-2/h3-36H2,1-2H3,(H2,39,43)(H2,40,44). The minimum Gasteiger partial charge on any atom is -0.351 e. The van der Waals surface area contributed by atoms with Gasteiger partial charge in [-0.15, -0.1) is 0 Å². The fraction of sp³-hybridized carbons (Fsp3) is 0.947. The van der Waals surface area contributed by atoms with Gasteiger partial charge in [0, 0.05) is 26.2 Å². The number of hydrogen-bond acceptors (Lipinski definition) is 2. The number of hydrogen-bond donors (Lipinski definition) is 2. The van der Waals surface area contributed by atoms with Gasteiger partial charge in [0.2, 0.25) is 0 Å². The van der Waals surface area contributed by atoms with Crippen molar-refractivity contribution in [2.45, 2.75) is 206 Å². The van der Waals surface area contributed by atoms with Gasteiger partial charge in [-0.25, -0.2) is 9.59 Å². The lowest BCUT2D eigenvalue weighted by Crippen LogP contribution is -2.37. The summed E-state index contributed by atoms with van der Waals surface area (Å²) in [6, 6.07) is -0.502.